The molecule has 42 heavy (non-hydrogen) atoms. The number of fused-ring (bicyclic) bond motifs is 1. The minimum atomic E-state index is -0.615. The van der Waals surface area contributed by atoms with E-state index in [-0.39, 0.29) is 51.8 Å². The van der Waals surface area contributed by atoms with Gasteiger partial charge in [0.15, 0.2) is 5.65 Å². The van der Waals surface area contributed by atoms with Crippen molar-refractivity contribution in [2.75, 3.05) is 25.1 Å². The number of nitrogens with zero attached hydrogens (tertiary/aromatic N) is 7. The molecule has 2 atom stereocenters. The third kappa shape index (κ3) is 6.13. The standard InChI is InChI=1S/C29H39Cl2N7O4/c1-14(2)20-22(21(15(3)4)33-26(32-20)41-10)38-25-18(11-19(30)23(31)34-25)24(35-27(38)39)36-12-17(6)37(13-16(36)5)28(40)42-29(7,8)9/h11,14-17H,12-13H2,1-10H3/t16-,17+/m0/s1. The van der Waals surface area contributed by atoms with Gasteiger partial charge < -0.3 is 19.3 Å². The van der Waals surface area contributed by atoms with Crippen molar-refractivity contribution in [1.29, 1.82) is 0 Å². The summed E-state index contributed by atoms with van der Waals surface area (Å²) in [4.78, 5) is 49.1. The van der Waals surface area contributed by atoms with Gasteiger partial charge in [0, 0.05) is 25.2 Å². The number of carbonyl (C=O) groups is 1. The Morgan fingerprint density at radius 3 is 2.10 bits per heavy atom. The number of carbonyl (C=O) groups excluding carboxylic acids is 1. The molecule has 3 aromatic rings. The van der Waals surface area contributed by atoms with Crippen LogP contribution in [0.4, 0.5) is 10.6 Å². The fourth-order valence-electron chi connectivity index (χ4n) is 5.09. The molecule has 0 spiro atoms. The third-order valence-electron chi connectivity index (χ3n) is 7.06. The number of rotatable bonds is 5. The van der Waals surface area contributed by atoms with E-state index in [0.29, 0.717) is 41.4 Å². The second-order valence-corrected chi connectivity index (χ2v) is 13.1. The maximum atomic E-state index is 14.1. The van der Waals surface area contributed by atoms with Crippen LogP contribution in [0.1, 0.15) is 85.5 Å². The van der Waals surface area contributed by atoms with E-state index in [2.05, 4.69) is 19.9 Å². The van der Waals surface area contributed by atoms with Crippen LogP contribution in [0.3, 0.4) is 0 Å². The molecule has 13 heteroatoms. The van der Waals surface area contributed by atoms with Crippen molar-refractivity contribution in [1.82, 2.24) is 29.4 Å². The smallest absolute Gasteiger partial charge is 0.410 e. The molecule has 1 aliphatic rings. The van der Waals surface area contributed by atoms with Gasteiger partial charge in [0.25, 0.3) is 0 Å². The Kier molecular flexibility index (Phi) is 8.95. The van der Waals surface area contributed by atoms with Crippen molar-refractivity contribution in [3.05, 3.63) is 38.1 Å². The number of piperazine rings is 1. The third-order valence-corrected chi connectivity index (χ3v) is 7.73. The molecule has 11 nitrogen and oxygen atoms in total. The molecule has 0 N–H and O–H groups in total. The van der Waals surface area contributed by atoms with Gasteiger partial charge in [-0.3, -0.25) is 0 Å². The number of pyridine rings is 1. The SMILES string of the molecule is COc1nc(C(C)C)c(-n2c(=O)nc(N3C[C@@H](C)N(C(=O)OC(C)(C)C)C[C@@H]3C)c3cc(Cl)c(Cl)nc32)c(C(C)C)n1. The lowest BCUT2D eigenvalue weighted by Gasteiger charge is -2.44. The van der Waals surface area contributed by atoms with Crippen molar-refractivity contribution in [2.45, 2.75) is 91.8 Å². The Morgan fingerprint density at radius 2 is 1.57 bits per heavy atom. The highest BCUT2D eigenvalue weighted by atomic mass is 35.5. The first-order valence-electron chi connectivity index (χ1n) is 14.0. The van der Waals surface area contributed by atoms with Crippen molar-refractivity contribution < 1.29 is 14.3 Å². The largest absolute Gasteiger partial charge is 0.467 e. The number of hydrogen-bond donors (Lipinski definition) is 0. The topological polar surface area (TPSA) is 116 Å². The summed E-state index contributed by atoms with van der Waals surface area (Å²) in [5, 5.41) is 0.816. The molecule has 1 amide bonds. The molecule has 0 radical (unpaired) electrons. The Labute approximate surface area is 256 Å². The van der Waals surface area contributed by atoms with Crippen LogP contribution in [0.25, 0.3) is 16.7 Å². The zero-order chi connectivity index (χ0) is 31.3. The Hall–Kier alpha value is -3.18. The predicted molar refractivity (Wildman–Crippen MR) is 165 cm³/mol. The summed E-state index contributed by atoms with van der Waals surface area (Å²) in [5.74, 6) is 0.244. The average molecular weight is 621 g/mol. The fraction of sp³-hybridized carbons (Fsp3) is 0.586. The number of halogens is 2. The lowest BCUT2D eigenvalue weighted by atomic mass is 10.0. The molecular weight excluding hydrogens is 581 g/mol. The van der Waals surface area contributed by atoms with Crippen LogP contribution in [0.15, 0.2) is 10.9 Å². The molecule has 1 saturated heterocycles. The summed E-state index contributed by atoms with van der Waals surface area (Å²) in [7, 11) is 1.51. The molecule has 1 fully saturated rings. The van der Waals surface area contributed by atoms with Gasteiger partial charge in [0.2, 0.25) is 0 Å². The number of ether oxygens (including phenoxy) is 2. The summed E-state index contributed by atoms with van der Waals surface area (Å²) in [6.07, 6.45) is -0.381. The molecule has 1 aliphatic heterocycles. The Morgan fingerprint density at radius 1 is 0.976 bits per heavy atom. The molecule has 228 valence electrons. The Balaban J connectivity index is 1.94. The average Bonchev–Trinajstić information content (AvgIpc) is 2.88. The highest BCUT2D eigenvalue weighted by Gasteiger charge is 2.36. The van der Waals surface area contributed by atoms with Gasteiger partial charge >= 0.3 is 17.8 Å². The van der Waals surface area contributed by atoms with Crippen LogP contribution in [-0.2, 0) is 4.74 Å². The number of aromatic nitrogens is 5. The molecular formula is C29H39Cl2N7O4. The maximum Gasteiger partial charge on any atom is 0.410 e. The van der Waals surface area contributed by atoms with Gasteiger partial charge in [-0.2, -0.15) is 15.0 Å². The Bertz CT molecular complexity index is 1540. The molecule has 0 saturated carbocycles. The quantitative estimate of drug-likeness (QED) is 0.318. The van der Waals surface area contributed by atoms with Gasteiger partial charge in [-0.25, -0.2) is 19.1 Å². The zero-order valence-electron chi connectivity index (χ0n) is 25.8. The molecule has 4 rings (SSSR count). The normalized spacial score (nSPS) is 17.9. The van der Waals surface area contributed by atoms with E-state index in [9.17, 15) is 9.59 Å². The number of anilines is 1. The second-order valence-electron chi connectivity index (χ2n) is 12.3. The maximum absolute atomic E-state index is 14.1. The summed E-state index contributed by atoms with van der Waals surface area (Å²) < 4.78 is 12.4. The molecule has 0 unspecified atom stereocenters. The summed E-state index contributed by atoms with van der Waals surface area (Å²) in [6, 6.07) is 1.47. The van der Waals surface area contributed by atoms with E-state index in [1.807, 2.05) is 67.2 Å². The number of methoxy groups -OCH3 is 1. The van der Waals surface area contributed by atoms with E-state index in [0.717, 1.165) is 0 Å². The van der Waals surface area contributed by atoms with Crippen LogP contribution in [-0.4, -0.2) is 73.4 Å². The second kappa shape index (κ2) is 11.8. The summed E-state index contributed by atoms with van der Waals surface area (Å²) >= 11 is 12.9. The van der Waals surface area contributed by atoms with Crippen LogP contribution in [0.2, 0.25) is 10.2 Å². The van der Waals surface area contributed by atoms with Gasteiger partial charge in [0.05, 0.1) is 34.6 Å². The first kappa shape index (κ1) is 31.7. The first-order chi connectivity index (χ1) is 19.5. The van der Waals surface area contributed by atoms with Crippen molar-refractivity contribution >= 4 is 46.1 Å². The van der Waals surface area contributed by atoms with E-state index in [4.69, 9.17) is 32.7 Å². The van der Waals surface area contributed by atoms with E-state index >= 15 is 0 Å². The van der Waals surface area contributed by atoms with E-state index in [1.54, 1.807) is 11.0 Å². The van der Waals surface area contributed by atoms with Gasteiger partial charge in [-0.1, -0.05) is 50.9 Å². The van der Waals surface area contributed by atoms with Gasteiger partial charge in [0.1, 0.15) is 16.6 Å². The van der Waals surface area contributed by atoms with E-state index in [1.165, 1.54) is 11.7 Å². The van der Waals surface area contributed by atoms with Crippen molar-refractivity contribution in [2.24, 2.45) is 0 Å². The van der Waals surface area contributed by atoms with Crippen LogP contribution < -0.4 is 15.3 Å². The number of hydrogen-bond acceptors (Lipinski definition) is 9. The van der Waals surface area contributed by atoms with Crippen molar-refractivity contribution in [3.63, 3.8) is 0 Å². The summed E-state index contributed by atoms with van der Waals surface area (Å²) in [6.45, 7) is 18.1. The highest BCUT2D eigenvalue weighted by molar-refractivity contribution is 6.41. The predicted octanol–water partition coefficient (Wildman–Crippen LogP) is 5.97. The minimum absolute atomic E-state index is 0.0530. The van der Waals surface area contributed by atoms with Gasteiger partial charge in [-0.05, 0) is 52.5 Å². The molecule has 0 bridgehead atoms. The molecule has 4 heterocycles. The van der Waals surface area contributed by atoms with E-state index < -0.39 is 11.3 Å². The van der Waals surface area contributed by atoms with Crippen LogP contribution >= 0.6 is 23.2 Å². The fourth-order valence-corrected chi connectivity index (χ4v) is 5.38. The molecule has 0 aliphatic carbocycles. The first-order valence-corrected chi connectivity index (χ1v) is 14.8. The number of amides is 1. The van der Waals surface area contributed by atoms with Gasteiger partial charge in [-0.15, -0.1) is 0 Å². The lowest BCUT2D eigenvalue weighted by molar-refractivity contribution is 0.0130. The zero-order valence-corrected chi connectivity index (χ0v) is 27.3. The monoisotopic (exact) mass is 619 g/mol. The summed E-state index contributed by atoms with van der Waals surface area (Å²) in [5.41, 5.74) is 0.836. The minimum Gasteiger partial charge on any atom is -0.467 e. The molecule has 0 aromatic carbocycles. The lowest BCUT2D eigenvalue weighted by Crippen LogP contribution is -2.59. The highest BCUT2D eigenvalue weighted by Crippen LogP contribution is 2.36. The van der Waals surface area contributed by atoms with Crippen LogP contribution in [0.5, 0.6) is 6.01 Å². The van der Waals surface area contributed by atoms with Crippen LogP contribution in [0, 0.1) is 0 Å². The van der Waals surface area contributed by atoms with Crippen molar-refractivity contribution in [3.8, 4) is 11.7 Å². The molecule has 3 aromatic heterocycles.